The van der Waals surface area contributed by atoms with Gasteiger partial charge < -0.3 is 10.4 Å². The first-order chi connectivity index (χ1) is 12.6. The maximum Gasteiger partial charge on any atom is 0.257 e. The fraction of sp³-hybridized carbons (Fsp3) is 0. The molecule has 0 atom stereocenters. The minimum Gasteiger partial charge on any atom is -0.507 e. The third kappa shape index (κ3) is 3.14. The molecule has 0 fully saturated rings. The number of nitrogens with zero attached hydrogens (tertiary/aromatic N) is 1. The average Bonchev–Trinajstić information content (AvgIpc) is 3.06. The van der Waals surface area contributed by atoms with E-state index in [0.717, 1.165) is 15.2 Å². The first-order valence-corrected chi connectivity index (χ1v) is 9.06. The average molecular weight is 381 g/mol. The molecule has 0 unspecified atom stereocenters. The monoisotopic (exact) mass is 380 g/mol. The van der Waals surface area contributed by atoms with E-state index in [0.29, 0.717) is 21.8 Å². The van der Waals surface area contributed by atoms with Crippen LogP contribution in [0.15, 0.2) is 66.7 Å². The number of benzene rings is 3. The second-order valence-electron chi connectivity index (χ2n) is 5.65. The number of rotatable bonds is 3. The first-order valence-electron chi connectivity index (χ1n) is 7.86. The number of nitrogens with one attached hydrogen (secondary N) is 1. The predicted molar refractivity (Wildman–Crippen MR) is 106 cm³/mol. The summed E-state index contributed by atoms with van der Waals surface area (Å²) in [5.41, 5.74) is 2.38. The van der Waals surface area contributed by atoms with Crippen molar-refractivity contribution in [3.05, 3.63) is 77.3 Å². The van der Waals surface area contributed by atoms with Crippen LogP contribution in [-0.4, -0.2) is 16.0 Å². The second-order valence-corrected chi connectivity index (χ2v) is 7.09. The lowest BCUT2D eigenvalue weighted by Crippen LogP contribution is -2.12. The van der Waals surface area contributed by atoms with Gasteiger partial charge in [0, 0.05) is 11.8 Å². The lowest BCUT2D eigenvalue weighted by molar-refractivity contribution is 0.102. The number of fused-ring (bicyclic) bond motifs is 1. The number of thiazole rings is 1. The summed E-state index contributed by atoms with van der Waals surface area (Å²) >= 11 is 7.55. The summed E-state index contributed by atoms with van der Waals surface area (Å²) < 4.78 is 1.05. The highest BCUT2D eigenvalue weighted by atomic mass is 35.5. The van der Waals surface area contributed by atoms with E-state index in [-0.39, 0.29) is 11.7 Å². The van der Waals surface area contributed by atoms with Crippen LogP contribution in [0.1, 0.15) is 10.4 Å². The van der Waals surface area contributed by atoms with Gasteiger partial charge in [0.25, 0.3) is 5.91 Å². The zero-order valence-corrected chi connectivity index (χ0v) is 15.0. The fourth-order valence-electron chi connectivity index (χ4n) is 2.62. The van der Waals surface area contributed by atoms with E-state index >= 15 is 0 Å². The molecule has 128 valence electrons. The van der Waals surface area contributed by atoms with Crippen molar-refractivity contribution in [1.29, 1.82) is 0 Å². The van der Waals surface area contributed by atoms with Crippen molar-refractivity contribution in [2.75, 3.05) is 5.32 Å². The minimum absolute atomic E-state index is 0.0565. The predicted octanol–water partition coefficient (Wildman–Crippen LogP) is 5.57. The quantitative estimate of drug-likeness (QED) is 0.488. The third-order valence-corrected chi connectivity index (χ3v) is 5.30. The highest BCUT2D eigenvalue weighted by Crippen LogP contribution is 2.36. The SMILES string of the molecule is O=C(Nc1ccc(-c2nc3ccccc3s2)c(O)c1)c1ccccc1Cl. The molecular formula is C20H13ClN2O2S. The highest BCUT2D eigenvalue weighted by molar-refractivity contribution is 7.21. The molecule has 1 aromatic heterocycles. The molecule has 4 rings (SSSR count). The lowest BCUT2D eigenvalue weighted by Gasteiger charge is -2.08. The van der Waals surface area contributed by atoms with Crippen LogP contribution in [0.2, 0.25) is 5.02 Å². The van der Waals surface area contributed by atoms with Crippen molar-refractivity contribution in [2.24, 2.45) is 0 Å². The van der Waals surface area contributed by atoms with Gasteiger partial charge in [-0.1, -0.05) is 35.9 Å². The van der Waals surface area contributed by atoms with Crippen LogP contribution >= 0.6 is 22.9 Å². The molecule has 0 aliphatic carbocycles. The Labute approximate surface area is 158 Å². The van der Waals surface area contributed by atoms with E-state index in [1.165, 1.54) is 17.4 Å². The molecule has 0 aliphatic heterocycles. The Balaban J connectivity index is 1.62. The Morgan fingerprint density at radius 2 is 1.81 bits per heavy atom. The normalized spacial score (nSPS) is 10.8. The Morgan fingerprint density at radius 3 is 2.58 bits per heavy atom. The second kappa shape index (κ2) is 6.78. The Morgan fingerprint density at radius 1 is 1.04 bits per heavy atom. The van der Waals surface area contributed by atoms with Crippen molar-refractivity contribution >= 4 is 44.7 Å². The number of carbonyl (C=O) groups excluding carboxylic acids is 1. The molecule has 0 aliphatic rings. The molecule has 2 N–H and O–H groups in total. The van der Waals surface area contributed by atoms with Crippen LogP contribution < -0.4 is 5.32 Å². The summed E-state index contributed by atoms with van der Waals surface area (Å²) in [6.07, 6.45) is 0. The van der Waals surface area contributed by atoms with Crippen molar-refractivity contribution in [1.82, 2.24) is 4.98 Å². The van der Waals surface area contributed by atoms with E-state index < -0.39 is 0 Å². The van der Waals surface area contributed by atoms with E-state index in [2.05, 4.69) is 10.3 Å². The number of hydrogen-bond acceptors (Lipinski definition) is 4. The molecule has 1 amide bonds. The summed E-state index contributed by atoms with van der Waals surface area (Å²) in [5, 5.41) is 14.2. The number of hydrogen-bond donors (Lipinski definition) is 2. The van der Waals surface area contributed by atoms with Gasteiger partial charge in [-0.15, -0.1) is 11.3 Å². The minimum atomic E-state index is -0.331. The Kier molecular flexibility index (Phi) is 4.32. The smallest absolute Gasteiger partial charge is 0.257 e. The molecular weight excluding hydrogens is 368 g/mol. The molecule has 4 aromatic rings. The molecule has 0 bridgehead atoms. The van der Waals surface area contributed by atoms with Crippen LogP contribution in [0.3, 0.4) is 0 Å². The van der Waals surface area contributed by atoms with Gasteiger partial charge in [-0.05, 0) is 36.4 Å². The molecule has 4 nitrogen and oxygen atoms in total. The lowest BCUT2D eigenvalue weighted by atomic mass is 10.1. The van der Waals surface area contributed by atoms with Crippen LogP contribution in [0, 0.1) is 0 Å². The van der Waals surface area contributed by atoms with Crippen molar-refractivity contribution in [3.63, 3.8) is 0 Å². The summed E-state index contributed by atoms with van der Waals surface area (Å²) in [5.74, 6) is -0.274. The summed E-state index contributed by atoms with van der Waals surface area (Å²) in [7, 11) is 0. The van der Waals surface area contributed by atoms with Gasteiger partial charge in [0.15, 0.2) is 0 Å². The molecule has 0 spiro atoms. The first kappa shape index (κ1) is 16.6. The van der Waals surface area contributed by atoms with Gasteiger partial charge >= 0.3 is 0 Å². The molecule has 0 saturated carbocycles. The number of para-hydroxylation sites is 1. The van der Waals surface area contributed by atoms with Gasteiger partial charge in [0.2, 0.25) is 0 Å². The van der Waals surface area contributed by atoms with Crippen LogP contribution in [0.25, 0.3) is 20.8 Å². The summed E-state index contributed by atoms with van der Waals surface area (Å²) in [6.45, 7) is 0. The fourth-order valence-corrected chi connectivity index (χ4v) is 3.84. The summed E-state index contributed by atoms with van der Waals surface area (Å²) in [4.78, 5) is 16.9. The van der Waals surface area contributed by atoms with E-state index in [4.69, 9.17) is 11.6 Å². The number of aromatic hydroxyl groups is 1. The number of aromatic nitrogens is 1. The number of amides is 1. The molecule has 0 saturated heterocycles. The van der Waals surface area contributed by atoms with Crippen LogP contribution in [0.5, 0.6) is 5.75 Å². The Bertz CT molecular complexity index is 1090. The van der Waals surface area contributed by atoms with Crippen molar-refractivity contribution < 1.29 is 9.90 Å². The van der Waals surface area contributed by atoms with Crippen LogP contribution in [-0.2, 0) is 0 Å². The van der Waals surface area contributed by atoms with E-state index in [9.17, 15) is 9.90 Å². The molecule has 26 heavy (non-hydrogen) atoms. The number of halogens is 1. The zero-order valence-electron chi connectivity index (χ0n) is 13.4. The number of phenolic OH excluding ortho intramolecular Hbond substituents is 1. The Hall–Kier alpha value is -2.89. The number of phenols is 1. The largest absolute Gasteiger partial charge is 0.507 e. The van der Waals surface area contributed by atoms with Gasteiger partial charge in [-0.2, -0.15) is 0 Å². The van der Waals surface area contributed by atoms with E-state index in [1.807, 2.05) is 24.3 Å². The van der Waals surface area contributed by atoms with E-state index in [1.54, 1.807) is 36.4 Å². The molecule has 1 heterocycles. The van der Waals surface area contributed by atoms with Crippen LogP contribution in [0.4, 0.5) is 5.69 Å². The van der Waals surface area contributed by atoms with Gasteiger partial charge in [0.1, 0.15) is 10.8 Å². The van der Waals surface area contributed by atoms with Crippen molar-refractivity contribution in [3.8, 4) is 16.3 Å². The topological polar surface area (TPSA) is 62.2 Å². The zero-order chi connectivity index (χ0) is 18.1. The third-order valence-electron chi connectivity index (χ3n) is 3.90. The maximum atomic E-state index is 12.3. The number of anilines is 1. The summed E-state index contributed by atoms with van der Waals surface area (Å²) in [6, 6.07) is 19.6. The number of carbonyl (C=O) groups is 1. The molecule has 3 aromatic carbocycles. The standard InChI is InChI=1S/C20H13ClN2O2S/c21-15-6-2-1-5-13(15)19(25)22-12-9-10-14(17(24)11-12)20-23-16-7-3-4-8-18(16)26-20/h1-11,24H,(H,22,25). The molecule has 0 radical (unpaired) electrons. The van der Waals surface area contributed by atoms with Gasteiger partial charge in [-0.3, -0.25) is 4.79 Å². The van der Waals surface area contributed by atoms with Gasteiger partial charge in [-0.25, -0.2) is 4.98 Å². The maximum absolute atomic E-state index is 12.3. The highest BCUT2D eigenvalue weighted by Gasteiger charge is 2.13. The van der Waals surface area contributed by atoms with Gasteiger partial charge in [0.05, 0.1) is 26.4 Å². The van der Waals surface area contributed by atoms with Crippen molar-refractivity contribution in [2.45, 2.75) is 0 Å². The molecule has 6 heteroatoms.